The first-order valence-electron chi connectivity index (χ1n) is 7.35. The normalized spacial score (nSPS) is 14.8. The van der Waals surface area contributed by atoms with Crippen LogP contribution in [0.3, 0.4) is 0 Å². The Balaban J connectivity index is 1.78. The monoisotopic (exact) mass is 283 g/mol. The molecule has 0 saturated carbocycles. The molecule has 0 amide bonds. The molecule has 3 heteroatoms. The molecular formula is C18H21NO2. The highest BCUT2D eigenvalue weighted by Crippen LogP contribution is 2.32. The van der Waals surface area contributed by atoms with Gasteiger partial charge in [-0.05, 0) is 54.7 Å². The summed E-state index contributed by atoms with van der Waals surface area (Å²) in [6.45, 7) is 5.47. The van der Waals surface area contributed by atoms with Crippen LogP contribution < -0.4 is 15.2 Å². The van der Waals surface area contributed by atoms with Crippen LogP contribution in [0.15, 0.2) is 36.4 Å². The number of ether oxygens (including phenoxy) is 2. The maximum atomic E-state index is 6.35. The summed E-state index contributed by atoms with van der Waals surface area (Å²) in [5, 5.41) is 0. The van der Waals surface area contributed by atoms with E-state index in [4.69, 9.17) is 15.2 Å². The van der Waals surface area contributed by atoms with Crippen LogP contribution in [0.4, 0.5) is 0 Å². The van der Waals surface area contributed by atoms with Gasteiger partial charge < -0.3 is 15.2 Å². The van der Waals surface area contributed by atoms with Gasteiger partial charge in [0.1, 0.15) is 13.2 Å². The molecule has 1 aliphatic rings. The van der Waals surface area contributed by atoms with Crippen LogP contribution in [0.2, 0.25) is 0 Å². The highest BCUT2D eigenvalue weighted by atomic mass is 16.6. The van der Waals surface area contributed by atoms with Crippen LogP contribution >= 0.6 is 0 Å². The fourth-order valence-electron chi connectivity index (χ4n) is 2.59. The minimum absolute atomic E-state index is 0.0390. The summed E-state index contributed by atoms with van der Waals surface area (Å²) in [7, 11) is 0. The zero-order valence-corrected chi connectivity index (χ0v) is 12.6. The molecule has 0 bridgehead atoms. The molecule has 21 heavy (non-hydrogen) atoms. The van der Waals surface area contributed by atoms with Crippen molar-refractivity contribution in [2.75, 3.05) is 13.2 Å². The van der Waals surface area contributed by atoms with E-state index in [-0.39, 0.29) is 6.04 Å². The van der Waals surface area contributed by atoms with E-state index in [1.807, 2.05) is 18.2 Å². The quantitative estimate of drug-likeness (QED) is 0.940. The fraction of sp³-hybridized carbons (Fsp3) is 0.333. The minimum atomic E-state index is -0.0390. The lowest BCUT2D eigenvalue weighted by atomic mass is 9.97. The average molecular weight is 283 g/mol. The van der Waals surface area contributed by atoms with Crippen LogP contribution in [-0.4, -0.2) is 13.2 Å². The zero-order chi connectivity index (χ0) is 14.8. The van der Waals surface area contributed by atoms with Gasteiger partial charge in [0.2, 0.25) is 0 Å². The van der Waals surface area contributed by atoms with E-state index in [2.05, 4.69) is 32.0 Å². The lowest BCUT2D eigenvalue weighted by Crippen LogP contribution is -2.17. The molecule has 1 unspecified atom stereocenters. The van der Waals surface area contributed by atoms with Crippen LogP contribution in [0.5, 0.6) is 11.5 Å². The third kappa shape index (κ3) is 3.03. The number of benzene rings is 2. The zero-order valence-electron chi connectivity index (χ0n) is 12.6. The highest BCUT2D eigenvalue weighted by molar-refractivity contribution is 5.45. The van der Waals surface area contributed by atoms with Gasteiger partial charge >= 0.3 is 0 Å². The van der Waals surface area contributed by atoms with Crippen molar-refractivity contribution >= 4 is 0 Å². The van der Waals surface area contributed by atoms with Gasteiger partial charge in [0.15, 0.2) is 11.5 Å². The van der Waals surface area contributed by atoms with Crippen molar-refractivity contribution in [1.29, 1.82) is 0 Å². The molecule has 3 rings (SSSR count). The van der Waals surface area contributed by atoms with E-state index in [1.165, 1.54) is 16.7 Å². The van der Waals surface area contributed by atoms with E-state index < -0.39 is 0 Å². The predicted octanol–water partition coefficient (Wildman–Crippen LogP) is 3.32. The fourth-order valence-corrected chi connectivity index (χ4v) is 2.59. The van der Waals surface area contributed by atoms with E-state index in [0.29, 0.717) is 13.2 Å². The smallest absolute Gasteiger partial charge is 0.161 e. The Morgan fingerprint density at radius 2 is 1.71 bits per heavy atom. The molecule has 0 radical (unpaired) electrons. The Hall–Kier alpha value is -2.00. The van der Waals surface area contributed by atoms with Crippen molar-refractivity contribution < 1.29 is 9.47 Å². The van der Waals surface area contributed by atoms with Crippen LogP contribution in [0, 0.1) is 13.8 Å². The van der Waals surface area contributed by atoms with E-state index in [9.17, 15) is 0 Å². The van der Waals surface area contributed by atoms with Crippen LogP contribution in [0.25, 0.3) is 0 Å². The average Bonchev–Trinajstić information content (AvgIpc) is 2.50. The van der Waals surface area contributed by atoms with Crippen molar-refractivity contribution in [3.63, 3.8) is 0 Å². The Morgan fingerprint density at radius 1 is 0.952 bits per heavy atom. The molecule has 2 N–H and O–H groups in total. The highest BCUT2D eigenvalue weighted by Gasteiger charge is 2.15. The Morgan fingerprint density at radius 3 is 2.48 bits per heavy atom. The van der Waals surface area contributed by atoms with Gasteiger partial charge in [0.05, 0.1) is 0 Å². The predicted molar refractivity (Wildman–Crippen MR) is 84.0 cm³/mol. The van der Waals surface area contributed by atoms with Gasteiger partial charge in [-0.1, -0.05) is 24.3 Å². The van der Waals surface area contributed by atoms with Gasteiger partial charge in [0, 0.05) is 6.04 Å². The molecule has 1 heterocycles. The summed E-state index contributed by atoms with van der Waals surface area (Å²) >= 11 is 0. The number of hydrogen-bond donors (Lipinski definition) is 1. The van der Waals surface area contributed by atoms with Crippen molar-refractivity contribution in [1.82, 2.24) is 0 Å². The molecule has 0 spiro atoms. The molecule has 0 aromatic heterocycles. The summed E-state index contributed by atoms with van der Waals surface area (Å²) < 4.78 is 11.2. The van der Waals surface area contributed by atoms with Crippen molar-refractivity contribution in [3.8, 4) is 11.5 Å². The number of aryl methyl sites for hydroxylation is 2. The summed E-state index contributed by atoms with van der Waals surface area (Å²) in [4.78, 5) is 0. The molecule has 1 atom stereocenters. The van der Waals surface area contributed by atoms with E-state index in [1.54, 1.807) is 0 Å². The first-order chi connectivity index (χ1) is 10.1. The maximum absolute atomic E-state index is 6.35. The lowest BCUT2D eigenvalue weighted by molar-refractivity contribution is 0.171. The Labute approximate surface area is 125 Å². The Kier molecular flexibility index (Phi) is 3.84. The van der Waals surface area contributed by atoms with Gasteiger partial charge in [-0.15, -0.1) is 0 Å². The standard InChI is InChI=1S/C18H21NO2/c1-12-3-4-14(9-13(12)2)10-16(19)15-5-6-17-18(11-15)21-8-7-20-17/h3-6,9,11,16H,7-8,10,19H2,1-2H3. The third-order valence-electron chi connectivity index (χ3n) is 4.02. The second-order valence-corrected chi connectivity index (χ2v) is 5.63. The lowest BCUT2D eigenvalue weighted by Gasteiger charge is -2.20. The van der Waals surface area contributed by atoms with Crippen LogP contribution in [-0.2, 0) is 6.42 Å². The summed E-state index contributed by atoms with van der Waals surface area (Å²) in [5.74, 6) is 1.61. The van der Waals surface area contributed by atoms with Gasteiger partial charge in [-0.3, -0.25) is 0 Å². The maximum Gasteiger partial charge on any atom is 0.161 e. The number of rotatable bonds is 3. The summed E-state index contributed by atoms with van der Waals surface area (Å²) in [6, 6.07) is 12.5. The second kappa shape index (κ2) is 5.78. The van der Waals surface area contributed by atoms with Gasteiger partial charge in [0.25, 0.3) is 0 Å². The second-order valence-electron chi connectivity index (χ2n) is 5.63. The van der Waals surface area contributed by atoms with Crippen LogP contribution in [0.1, 0.15) is 28.3 Å². The number of hydrogen-bond acceptors (Lipinski definition) is 3. The third-order valence-corrected chi connectivity index (χ3v) is 4.02. The molecule has 2 aromatic rings. The Bertz CT molecular complexity index is 652. The SMILES string of the molecule is Cc1ccc(CC(N)c2ccc3c(c2)OCCO3)cc1C. The topological polar surface area (TPSA) is 44.5 Å². The minimum Gasteiger partial charge on any atom is -0.486 e. The molecule has 0 saturated heterocycles. The van der Waals surface area contributed by atoms with E-state index >= 15 is 0 Å². The molecular weight excluding hydrogens is 262 g/mol. The molecule has 0 aliphatic carbocycles. The molecule has 110 valence electrons. The summed E-state index contributed by atoms with van der Waals surface area (Å²) in [5.41, 5.74) is 11.3. The van der Waals surface area contributed by atoms with Crippen molar-refractivity contribution in [3.05, 3.63) is 58.7 Å². The first-order valence-corrected chi connectivity index (χ1v) is 7.35. The molecule has 3 nitrogen and oxygen atoms in total. The largest absolute Gasteiger partial charge is 0.486 e. The molecule has 2 aromatic carbocycles. The first kappa shape index (κ1) is 14.0. The summed E-state index contributed by atoms with van der Waals surface area (Å²) in [6.07, 6.45) is 0.820. The molecule has 0 fully saturated rings. The molecule has 1 aliphatic heterocycles. The van der Waals surface area contributed by atoms with Gasteiger partial charge in [-0.2, -0.15) is 0 Å². The van der Waals surface area contributed by atoms with Crippen molar-refractivity contribution in [2.45, 2.75) is 26.3 Å². The van der Waals surface area contributed by atoms with Crippen molar-refractivity contribution in [2.24, 2.45) is 5.73 Å². The van der Waals surface area contributed by atoms with Gasteiger partial charge in [-0.25, -0.2) is 0 Å². The number of nitrogens with two attached hydrogens (primary N) is 1. The van der Waals surface area contributed by atoms with E-state index in [0.717, 1.165) is 23.5 Å². The number of fused-ring (bicyclic) bond motifs is 1.